The average molecular weight is 440 g/mol. The molecule has 0 radical (unpaired) electrons. The predicted octanol–water partition coefficient (Wildman–Crippen LogP) is 5.19. The quantitative estimate of drug-likeness (QED) is 0.437. The summed E-state index contributed by atoms with van der Waals surface area (Å²) in [5.74, 6) is -0.469. The molecule has 2 aromatic heterocycles. The van der Waals surface area contributed by atoms with Crippen LogP contribution in [0.1, 0.15) is 64.8 Å². The zero-order valence-electron chi connectivity index (χ0n) is 17.8. The summed E-state index contributed by atoms with van der Waals surface area (Å²) in [4.78, 5) is 39.4. The highest BCUT2D eigenvalue weighted by molar-refractivity contribution is 7.17. The second-order valence-electron chi connectivity index (χ2n) is 8.12. The van der Waals surface area contributed by atoms with Gasteiger partial charge < -0.3 is 14.5 Å². The Kier molecular flexibility index (Phi) is 5.96. The highest BCUT2D eigenvalue weighted by Crippen LogP contribution is 2.41. The maximum absolute atomic E-state index is 13.0. The highest BCUT2D eigenvalue weighted by atomic mass is 32.1. The van der Waals surface area contributed by atoms with E-state index in [9.17, 15) is 14.4 Å². The van der Waals surface area contributed by atoms with Gasteiger partial charge in [-0.15, -0.1) is 11.3 Å². The number of hydrogen-bond acceptors (Lipinski definition) is 6. The Labute approximate surface area is 184 Å². The summed E-state index contributed by atoms with van der Waals surface area (Å²) in [6, 6.07) is 8.53. The second-order valence-corrected chi connectivity index (χ2v) is 9.22. The maximum atomic E-state index is 13.0. The molecule has 162 valence electrons. The van der Waals surface area contributed by atoms with Crippen molar-refractivity contribution >= 4 is 39.2 Å². The minimum Gasteiger partial charge on any atom is -0.459 e. The van der Waals surface area contributed by atoms with Gasteiger partial charge in [-0.1, -0.05) is 31.5 Å². The first-order valence-electron chi connectivity index (χ1n) is 10.6. The van der Waals surface area contributed by atoms with Gasteiger partial charge in [0.1, 0.15) is 16.1 Å². The van der Waals surface area contributed by atoms with Crippen LogP contribution in [0.2, 0.25) is 0 Å². The minimum atomic E-state index is -0.713. The first-order chi connectivity index (χ1) is 14.9. The average Bonchev–Trinajstić information content (AvgIpc) is 3.09. The fourth-order valence-corrected chi connectivity index (χ4v) is 5.32. The molecule has 1 aromatic carbocycles. The summed E-state index contributed by atoms with van der Waals surface area (Å²) in [5.41, 5.74) is 0.986. The van der Waals surface area contributed by atoms with E-state index in [0.29, 0.717) is 27.5 Å². The van der Waals surface area contributed by atoms with Crippen LogP contribution in [0.5, 0.6) is 0 Å². The molecule has 1 amide bonds. The van der Waals surface area contributed by atoms with Gasteiger partial charge >= 0.3 is 11.6 Å². The molecule has 2 heterocycles. The zero-order valence-corrected chi connectivity index (χ0v) is 18.6. The molecule has 1 aliphatic carbocycles. The predicted molar refractivity (Wildman–Crippen MR) is 121 cm³/mol. The highest BCUT2D eigenvalue weighted by Gasteiger charge is 2.30. The molecule has 0 saturated carbocycles. The summed E-state index contributed by atoms with van der Waals surface area (Å²) < 4.78 is 10.7. The van der Waals surface area contributed by atoms with Gasteiger partial charge in [0.15, 0.2) is 0 Å². The molecular formula is C24H25NO5S. The lowest BCUT2D eigenvalue weighted by Crippen LogP contribution is -2.22. The number of rotatable bonds is 5. The molecule has 0 unspecified atom stereocenters. The van der Waals surface area contributed by atoms with Crippen molar-refractivity contribution in [2.24, 2.45) is 5.92 Å². The number of fused-ring (bicyclic) bond motifs is 2. The number of thiophene rings is 1. The van der Waals surface area contributed by atoms with Crippen LogP contribution in [-0.4, -0.2) is 18.0 Å². The van der Waals surface area contributed by atoms with E-state index in [1.165, 1.54) is 17.4 Å². The van der Waals surface area contributed by atoms with Crippen LogP contribution in [0.25, 0.3) is 11.0 Å². The Morgan fingerprint density at radius 3 is 2.81 bits per heavy atom. The van der Waals surface area contributed by atoms with Crippen molar-refractivity contribution in [2.75, 3.05) is 5.32 Å². The molecule has 1 atom stereocenters. The van der Waals surface area contributed by atoms with Crippen molar-refractivity contribution in [3.8, 4) is 0 Å². The van der Waals surface area contributed by atoms with E-state index < -0.39 is 17.5 Å². The van der Waals surface area contributed by atoms with Crippen LogP contribution >= 0.6 is 11.3 Å². The third-order valence-corrected chi connectivity index (χ3v) is 6.77. The minimum absolute atomic E-state index is 0.0975. The molecule has 4 rings (SSSR count). The number of nitrogens with one attached hydrogen (secondary N) is 1. The zero-order chi connectivity index (χ0) is 22.1. The largest absolute Gasteiger partial charge is 0.459 e. The van der Waals surface area contributed by atoms with E-state index in [4.69, 9.17) is 9.15 Å². The third kappa shape index (κ3) is 4.28. The van der Waals surface area contributed by atoms with Crippen LogP contribution in [0.3, 0.4) is 0 Å². The molecular weight excluding hydrogens is 414 g/mol. The van der Waals surface area contributed by atoms with E-state index in [0.717, 1.165) is 36.1 Å². The van der Waals surface area contributed by atoms with E-state index in [2.05, 4.69) is 12.2 Å². The van der Waals surface area contributed by atoms with Gasteiger partial charge in [-0.05, 0) is 56.7 Å². The van der Waals surface area contributed by atoms with Crippen molar-refractivity contribution in [1.29, 1.82) is 0 Å². The SMILES string of the molecule is CC[C@H]1CCc2c(sc(NC(=O)c3cc4ccccc4oc3=O)c2C(=O)OC(C)C)C1. The number of esters is 1. The number of carbonyl (C=O) groups is 2. The smallest absolute Gasteiger partial charge is 0.349 e. The van der Waals surface area contributed by atoms with Crippen molar-refractivity contribution in [1.82, 2.24) is 0 Å². The van der Waals surface area contributed by atoms with Crippen LogP contribution < -0.4 is 10.9 Å². The van der Waals surface area contributed by atoms with Crippen LogP contribution in [0, 0.1) is 5.92 Å². The lowest BCUT2D eigenvalue weighted by Gasteiger charge is -2.21. The van der Waals surface area contributed by atoms with Crippen molar-refractivity contribution < 1.29 is 18.7 Å². The molecule has 1 aliphatic rings. The Morgan fingerprint density at radius 1 is 1.29 bits per heavy atom. The Hall–Kier alpha value is -2.93. The first-order valence-corrected chi connectivity index (χ1v) is 11.4. The summed E-state index contributed by atoms with van der Waals surface area (Å²) in [6.45, 7) is 5.75. The van der Waals surface area contributed by atoms with Gasteiger partial charge in [0, 0.05) is 10.3 Å². The summed E-state index contributed by atoms with van der Waals surface area (Å²) in [5, 5.41) is 3.89. The summed E-state index contributed by atoms with van der Waals surface area (Å²) in [6.07, 6.45) is 3.46. The lowest BCUT2D eigenvalue weighted by atomic mass is 9.85. The monoisotopic (exact) mass is 439 g/mol. The topological polar surface area (TPSA) is 85.6 Å². The fraction of sp³-hybridized carbons (Fsp3) is 0.375. The molecule has 0 fully saturated rings. The number of amides is 1. The molecule has 0 saturated heterocycles. The van der Waals surface area contributed by atoms with E-state index in [1.54, 1.807) is 32.0 Å². The van der Waals surface area contributed by atoms with Crippen LogP contribution in [0.15, 0.2) is 39.5 Å². The Balaban J connectivity index is 1.71. The van der Waals surface area contributed by atoms with E-state index >= 15 is 0 Å². The fourth-order valence-electron chi connectivity index (χ4n) is 3.97. The number of benzene rings is 1. The number of anilines is 1. The molecule has 0 bridgehead atoms. The summed E-state index contributed by atoms with van der Waals surface area (Å²) in [7, 11) is 0. The van der Waals surface area contributed by atoms with Crippen LogP contribution in [0.4, 0.5) is 5.00 Å². The van der Waals surface area contributed by atoms with Gasteiger partial charge in [0.05, 0.1) is 11.7 Å². The van der Waals surface area contributed by atoms with Crippen molar-refractivity contribution in [2.45, 2.75) is 52.6 Å². The van der Waals surface area contributed by atoms with Gasteiger partial charge in [-0.3, -0.25) is 4.79 Å². The number of para-hydroxylation sites is 1. The van der Waals surface area contributed by atoms with Gasteiger partial charge in [0.25, 0.3) is 5.91 Å². The Morgan fingerprint density at radius 2 is 2.06 bits per heavy atom. The number of carbonyl (C=O) groups excluding carboxylic acids is 2. The lowest BCUT2D eigenvalue weighted by molar-refractivity contribution is 0.0378. The molecule has 6 nitrogen and oxygen atoms in total. The molecule has 3 aromatic rings. The van der Waals surface area contributed by atoms with Gasteiger partial charge in [-0.2, -0.15) is 0 Å². The van der Waals surface area contributed by atoms with E-state index in [-0.39, 0.29) is 11.7 Å². The van der Waals surface area contributed by atoms with Gasteiger partial charge in [0.2, 0.25) is 0 Å². The summed E-state index contributed by atoms with van der Waals surface area (Å²) >= 11 is 1.40. The third-order valence-electron chi connectivity index (χ3n) is 5.60. The molecule has 31 heavy (non-hydrogen) atoms. The standard InChI is InChI=1S/C24H25NO5S/c1-4-14-9-10-16-19(11-14)31-22(20(16)24(28)29-13(2)3)25-21(26)17-12-15-7-5-6-8-18(15)30-23(17)27/h5-8,12-14H,4,9-11H2,1-3H3,(H,25,26)/t14-/m0/s1. The molecule has 7 heteroatoms. The molecule has 0 spiro atoms. The van der Waals surface area contributed by atoms with E-state index in [1.807, 2.05) is 6.07 Å². The molecule has 1 N–H and O–H groups in total. The second kappa shape index (κ2) is 8.67. The number of ether oxygens (including phenoxy) is 1. The number of hydrogen-bond donors (Lipinski definition) is 1. The van der Waals surface area contributed by atoms with Crippen molar-refractivity contribution in [3.63, 3.8) is 0 Å². The normalized spacial score (nSPS) is 15.7. The van der Waals surface area contributed by atoms with Crippen molar-refractivity contribution in [3.05, 3.63) is 62.3 Å². The van der Waals surface area contributed by atoms with Gasteiger partial charge in [-0.25, -0.2) is 9.59 Å². The maximum Gasteiger partial charge on any atom is 0.349 e. The Bertz CT molecular complexity index is 1210. The van der Waals surface area contributed by atoms with Crippen LogP contribution in [-0.2, 0) is 17.6 Å². The molecule has 0 aliphatic heterocycles. The first kappa shape index (κ1) is 21.3.